The Morgan fingerprint density at radius 3 is 2.55 bits per heavy atom. The van der Waals surface area contributed by atoms with Crippen molar-refractivity contribution in [2.24, 2.45) is 0 Å². The van der Waals surface area contributed by atoms with E-state index in [0.29, 0.717) is 23.7 Å². The van der Waals surface area contributed by atoms with Crippen LogP contribution in [-0.2, 0) is 4.74 Å². The van der Waals surface area contributed by atoms with Gasteiger partial charge in [0.05, 0.1) is 19.8 Å². The van der Waals surface area contributed by atoms with Gasteiger partial charge in [-0.1, -0.05) is 13.3 Å². The number of alkyl carbamates (subject to hydrolysis) is 1. The summed E-state index contributed by atoms with van der Waals surface area (Å²) < 4.78 is 22.1. The zero-order chi connectivity index (χ0) is 23.2. The Hall–Kier alpha value is -3.23. The minimum Gasteiger partial charge on any atom is -0.493 e. The fourth-order valence-corrected chi connectivity index (χ4v) is 2.70. The molecule has 2 aromatic rings. The van der Waals surface area contributed by atoms with Gasteiger partial charge in [0.2, 0.25) is 5.89 Å². The highest BCUT2D eigenvalue weighted by Gasteiger charge is 2.27. The average molecular weight is 434 g/mol. The summed E-state index contributed by atoms with van der Waals surface area (Å²) in [6.07, 6.45) is 1.17. The minimum atomic E-state index is -1.27. The van der Waals surface area contributed by atoms with Crippen LogP contribution in [0.25, 0.3) is 11.5 Å². The lowest BCUT2D eigenvalue weighted by Crippen LogP contribution is -2.34. The van der Waals surface area contributed by atoms with Crippen LogP contribution in [0.2, 0.25) is 0 Å². The van der Waals surface area contributed by atoms with Crippen LogP contribution in [0.1, 0.15) is 69.8 Å². The van der Waals surface area contributed by atoms with Crippen molar-refractivity contribution in [3.63, 3.8) is 0 Å². The molecule has 0 saturated heterocycles. The number of oxazole rings is 1. The van der Waals surface area contributed by atoms with E-state index in [0.717, 1.165) is 12.8 Å². The number of hydrogen-bond donors (Lipinski definition) is 2. The van der Waals surface area contributed by atoms with Crippen LogP contribution in [0.3, 0.4) is 0 Å². The Labute approximate surface area is 181 Å². The molecule has 2 N–H and O–H groups in total. The number of rotatable bonds is 9. The highest BCUT2D eigenvalue weighted by atomic mass is 16.6. The Morgan fingerprint density at radius 2 is 1.97 bits per heavy atom. The van der Waals surface area contributed by atoms with Crippen LogP contribution in [0.15, 0.2) is 22.6 Å². The Balaban J connectivity index is 2.33. The third-order valence-electron chi connectivity index (χ3n) is 4.15. The first-order valence-corrected chi connectivity index (χ1v) is 10.1. The summed E-state index contributed by atoms with van der Waals surface area (Å²) in [5.74, 6) is -0.114. The fourth-order valence-electron chi connectivity index (χ4n) is 2.70. The number of nitrogens with zero attached hydrogens (tertiary/aromatic N) is 1. The topological polar surface area (TPSA) is 120 Å². The molecule has 0 radical (unpaired) electrons. The van der Waals surface area contributed by atoms with Crippen molar-refractivity contribution in [3.8, 4) is 23.0 Å². The van der Waals surface area contributed by atoms with E-state index in [1.165, 1.54) is 7.11 Å². The standard InChI is InChI=1S/C22H30N2O7/c1-7-8-11-29-16-12-14(9-10-15(16)28-6)19-24-17(20(25)26)18(30-19)13(2)23-21(27)31-22(3,4)5/h9-10,12-13H,7-8,11H2,1-6H3,(H,23,27)(H,25,26)/t13-/m0/s1. The van der Waals surface area contributed by atoms with Gasteiger partial charge in [0.25, 0.3) is 0 Å². The monoisotopic (exact) mass is 434 g/mol. The normalized spacial score (nSPS) is 12.2. The zero-order valence-electron chi connectivity index (χ0n) is 18.8. The molecule has 0 saturated carbocycles. The smallest absolute Gasteiger partial charge is 0.408 e. The molecule has 9 heteroatoms. The number of amides is 1. The molecule has 2 rings (SSSR count). The minimum absolute atomic E-state index is 0.0117. The summed E-state index contributed by atoms with van der Waals surface area (Å²) in [6, 6.07) is 4.30. The number of ether oxygens (including phenoxy) is 3. The van der Waals surface area contributed by atoms with E-state index in [1.54, 1.807) is 45.9 Å². The van der Waals surface area contributed by atoms with Crippen LogP contribution in [0.5, 0.6) is 11.5 Å². The Morgan fingerprint density at radius 1 is 1.26 bits per heavy atom. The lowest BCUT2D eigenvalue weighted by molar-refractivity contribution is 0.0498. The van der Waals surface area contributed by atoms with E-state index < -0.39 is 23.7 Å². The molecule has 0 fully saturated rings. The second-order valence-corrected chi connectivity index (χ2v) is 7.97. The maximum absolute atomic E-state index is 12.1. The van der Waals surface area contributed by atoms with Crippen LogP contribution < -0.4 is 14.8 Å². The van der Waals surface area contributed by atoms with Crippen molar-refractivity contribution in [3.05, 3.63) is 29.7 Å². The van der Waals surface area contributed by atoms with Crippen molar-refractivity contribution in [1.82, 2.24) is 10.3 Å². The van der Waals surface area contributed by atoms with Gasteiger partial charge in [0.15, 0.2) is 23.0 Å². The number of benzene rings is 1. The summed E-state index contributed by atoms with van der Waals surface area (Å²) >= 11 is 0. The molecule has 0 aliphatic rings. The Kier molecular flexibility index (Phi) is 7.90. The number of aromatic nitrogens is 1. The number of carbonyl (C=O) groups is 2. The number of carboxylic acids is 1. The van der Waals surface area contributed by atoms with Gasteiger partial charge >= 0.3 is 12.1 Å². The van der Waals surface area contributed by atoms with Gasteiger partial charge in [-0.3, -0.25) is 0 Å². The van der Waals surface area contributed by atoms with E-state index >= 15 is 0 Å². The Bertz CT molecular complexity index is 915. The number of carboxylic acid groups (broad SMARTS) is 1. The van der Waals surface area contributed by atoms with Gasteiger partial charge in [-0.2, -0.15) is 0 Å². The van der Waals surface area contributed by atoms with E-state index in [9.17, 15) is 14.7 Å². The molecule has 1 amide bonds. The highest BCUT2D eigenvalue weighted by molar-refractivity contribution is 5.87. The molecule has 9 nitrogen and oxygen atoms in total. The molecule has 1 heterocycles. The van der Waals surface area contributed by atoms with Crippen molar-refractivity contribution < 1.29 is 33.3 Å². The predicted octanol–water partition coefficient (Wildman–Crippen LogP) is 4.81. The van der Waals surface area contributed by atoms with Crippen LogP contribution in [0, 0.1) is 0 Å². The van der Waals surface area contributed by atoms with Gasteiger partial charge in [-0.25, -0.2) is 14.6 Å². The van der Waals surface area contributed by atoms with E-state index in [1.807, 2.05) is 0 Å². The first-order chi connectivity index (χ1) is 14.6. The predicted molar refractivity (Wildman–Crippen MR) is 114 cm³/mol. The second kappa shape index (κ2) is 10.2. The first-order valence-electron chi connectivity index (χ1n) is 10.1. The maximum Gasteiger partial charge on any atom is 0.408 e. The number of hydrogen-bond acceptors (Lipinski definition) is 7. The third kappa shape index (κ3) is 6.63. The molecule has 0 aliphatic heterocycles. The van der Waals surface area contributed by atoms with Crippen molar-refractivity contribution in [2.45, 2.75) is 59.1 Å². The summed E-state index contributed by atoms with van der Waals surface area (Å²) in [5, 5.41) is 12.1. The van der Waals surface area contributed by atoms with E-state index in [4.69, 9.17) is 18.6 Å². The number of aromatic carboxylic acids is 1. The largest absolute Gasteiger partial charge is 0.493 e. The molecule has 1 atom stereocenters. The summed E-state index contributed by atoms with van der Waals surface area (Å²) in [4.78, 5) is 27.9. The number of unbranched alkanes of at least 4 members (excludes halogenated alkanes) is 1. The molecule has 0 aliphatic carbocycles. The summed E-state index contributed by atoms with van der Waals surface area (Å²) in [7, 11) is 1.54. The SMILES string of the molecule is CCCCOc1cc(-c2nc(C(=O)O)c([C@H](C)NC(=O)OC(C)(C)C)o2)ccc1OC. The van der Waals surface area contributed by atoms with Crippen molar-refractivity contribution >= 4 is 12.1 Å². The number of carbonyl (C=O) groups excluding carboxylic acids is 1. The molecule has 1 aromatic carbocycles. The quantitative estimate of drug-likeness (QED) is 0.539. The van der Waals surface area contributed by atoms with Crippen LogP contribution in [0.4, 0.5) is 4.79 Å². The molecular weight excluding hydrogens is 404 g/mol. The highest BCUT2D eigenvalue weighted by Crippen LogP contribution is 2.34. The van der Waals surface area contributed by atoms with Gasteiger partial charge in [-0.05, 0) is 52.3 Å². The van der Waals surface area contributed by atoms with Gasteiger partial charge < -0.3 is 29.1 Å². The molecule has 0 unspecified atom stereocenters. The molecule has 170 valence electrons. The van der Waals surface area contributed by atoms with Gasteiger partial charge in [0.1, 0.15) is 5.60 Å². The fraction of sp³-hybridized carbons (Fsp3) is 0.500. The third-order valence-corrected chi connectivity index (χ3v) is 4.15. The second-order valence-electron chi connectivity index (χ2n) is 7.97. The molecule has 0 bridgehead atoms. The molecule has 0 spiro atoms. The van der Waals surface area contributed by atoms with Crippen molar-refractivity contribution in [1.29, 1.82) is 0 Å². The summed E-state index contributed by atoms with van der Waals surface area (Å²) in [6.45, 7) is 9.37. The van der Waals surface area contributed by atoms with Crippen LogP contribution >= 0.6 is 0 Å². The summed E-state index contributed by atoms with van der Waals surface area (Å²) in [5.41, 5.74) is -0.461. The zero-order valence-corrected chi connectivity index (χ0v) is 18.8. The molecule has 1 aromatic heterocycles. The average Bonchev–Trinajstić information content (AvgIpc) is 3.12. The van der Waals surface area contributed by atoms with Gasteiger partial charge in [-0.15, -0.1) is 0 Å². The number of methoxy groups -OCH3 is 1. The van der Waals surface area contributed by atoms with Crippen molar-refractivity contribution in [2.75, 3.05) is 13.7 Å². The number of nitrogens with one attached hydrogen (secondary N) is 1. The lowest BCUT2D eigenvalue weighted by atomic mass is 10.2. The van der Waals surface area contributed by atoms with Crippen LogP contribution in [-0.4, -0.2) is 41.5 Å². The lowest BCUT2D eigenvalue weighted by Gasteiger charge is -2.21. The molecular formula is C22H30N2O7. The van der Waals surface area contributed by atoms with E-state index in [-0.39, 0.29) is 17.3 Å². The van der Waals surface area contributed by atoms with Gasteiger partial charge in [0, 0.05) is 5.56 Å². The van der Waals surface area contributed by atoms with E-state index in [2.05, 4.69) is 17.2 Å². The maximum atomic E-state index is 12.1. The molecule has 31 heavy (non-hydrogen) atoms. The first kappa shape index (κ1) is 24.0.